The molecule has 1 aliphatic rings. The number of carbonyl (C=O) groups excluding carboxylic acids is 2. The van der Waals surface area contributed by atoms with Crippen molar-refractivity contribution in [3.05, 3.63) is 48.6 Å². The molecule has 0 saturated carbocycles. The van der Waals surface area contributed by atoms with E-state index in [2.05, 4.69) is 20.9 Å². The fourth-order valence-corrected chi connectivity index (χ4v) is 3.68. The highest BCUT2D eigenvalue weighted by atomic mass is 16.6. The zero-order valence-electron chi connectivity index (χ0n) is 19.4. The first kappa shape index (κ1) is 23.1. The predicted molar refractivity (Wildman–Crippen MR) is 126 cm³/mol. The van der Waals surface area contributed by atoms with Gasteiger partial charge in [-0.15, -0.1) is 0 Å². The molecular formula is C23H29N7O4. The molecule has 0 atom stereocenters. The third-order valence-corrected chi connectivity index (χ3v) is 5.41. The molecule has 180 valence electrons. The summed E-state index contributed by atoms with van der Waals surface area (Å²) in [5.74, 6) is 0.0737. The van der Waals surface area contributed by atoms with Crippen molar-refractivity contribution in [1.29, 1.82) is 0 Å². The van der Waals surface area contributed by atoms with Crippen molar-refractivity contribution in [2.45, 2.75) is 45.3 Å². The van der Waals surface area contributed by atoms with Gasteiger partial charge in [0.05, 0.1) is 24.1 Å². The average molecular weight is 468 g/mol. The maximum Gasteiger partial charge on any atom is 0.410 e. The molecule has 11 heteroatoms. The lowest BCUT2D eigenvalue weighted by Gasteiger charge is -2.33. The molecule has 3 aromatic heterocycles. The molecule has 1 aliphatic heterocycles. The Morgan fingerprint density at radius 1 is 1.21 bits per heavy atom. The van der Waals surface area contributed by atoms with Gasteiger partial charge in [0.25, 0.3) is 5.91 Å². The summed E-state index contributed by atoms with van der Waals surface area (Å²) in [5.41, 5.74) is 12.4. The lowest BCUT2D eigenvalue weighted by atomic mass is 10.1. The zero-order chi connectivity index (χ0) is 24.3. The zero-order valence-corrected chi connectivity index (χ0v) is 19.4. The highest BCUT2D eigenvalue weighted by Crippen LogP contribution is 2.27. The molecule has 34 heavy (non-hydrogen) atoms. The van der Waals surface area contributed by atoms with Gasteiger partial charge >= 0.3 is 6.09 Å². The molecular weight excluding hydrogens is 438 g/mol. The maximum atomic E-state index is 12.6. The number of aromatic nitrogens is 3. The Morgan fingerprint density at radius 2 is 1.97 bits per heavy atom. The number of carbonyl (C=O) groups is 2. The second-order valence-corrected chi connectivity index (χ2v) is 9.12. The number of rotatable bonds is 5. The largest absolute Gasteiger partial charge is 0.447 e. The van der Waals surface area contributed by atoms with Crippen LogP contribution >= 0.6 is 0 Å². The number of nitrogens with two attached hydrogens (primary N) is 1. The van der Waals surface area contributed by atoms with E-state index in [1.54, 1.807) is 35.5 Å². The van der Waals surface area contributed by atoms with Gasteiger partial charge in [-0.3, -0.25) is 20.3 Å². The number of nitrogen functional groups attached to an aromatic ring is 1. The molecule has 1 saturated heterocycles. The Hall–Kier alpha value is -4.02. The molecule has 1 fully saturated rings. The SMILES string of the molecule is CC(C)(C)OC(=O)N1CCC(n2cc(-c3cnc(N)c(C(=O)NNc4ccco4)c3)cn2)CC1. The van der Waals surface area contributed by atoms with Crippen LogP contribution in [0, 0.1) is 0 Å². The van der Waals surface area contributed by atoms with Gasteiger partial charge in [-0.05, 0) is 45.7 Å². The van der Waals surface area contributed by atoms with Crippen LogP contribution in [0.25, 0.3) is 11.1 Å². The summed E-state index contributed by atoms with van der Waals surface area (Å²) in [6.07, 6.45) is 8.01. The van der Waals surface area contributed by atoms with Crippen molar-refractivity contribution < 1.29 is 18.7 Å². The van der Waals surface area contributed by atoms with E-state index in [4.69, 9.17) is 14.9 Å². The van der Waals surface area contributed by atoms with Crippen LogP contribution < -0.4 is 16.6 Å². The Morgan fingerprint density at radius 3 is 2.65 bits per heavy atom. The van der Waals surface area contributed by atoms with E-state index in [1.807, 2.05) is 31.6 Å². The van der Waals surface area contributed by atoms with E-state index in [1.165, 1.54) is 6.26 Å². The van der Waals surface area contributed by atoms with E-state index in [0.717, 1.165) is 24.0 Å². The second-order valence-electron chi connectivity index (χ2n) is 9.12. The van der Waals surface area contributed by atoms with Gasteiger partial charge < -0.3 is 19.8 Å². The summed E-state index contributed by atoms with van der Waals surface area (Å²) in [6, 6.07) is 5.21. The molecule has 11 nitrogen and oxygen atoms in total. The summed E-state index contributed by atoms with van der Waals surface area (Å²) >= 11 is 0. The minimum absolute atomic E-state index is 0.115. The molecule has 3 aromatic rings. The van der Waals surface area contributed by atoms with Crippen LogP contribution in [0.3, 0.4) is 0 Å². The maximum absolute atomic E-state index is 12.6. The molecule has 4 N–H and O–H groups in total. The predicted octanol–water partition coefficient (Wildman–Crippen LogP) is 3.45. The van der Waals surface area contributed by atoms with Gasteiger partial charge in [0.2, 0.25) is 5.88 Å². The van der Waals surface area contributed by atoms with Gasteiger partial charge in [0, 0.05) is 42.7 Å². The van der Waals surface area contributed by atoms with Crippen molar-refractivity contribution in [3.8, 4) is 11.1 Å². The summed E-state index contributed by atoms with van der Waals surface area (Å²) in [6.45, 7) is 6.79. The number of nitrogens with one attached hydrogen (secondary N) is 2. The monoisotopic (exact) mass is 467 g/mol. The molecule has 4 heterocycles. The first-order valence-corrected chi connectivity index (χ1v) is 11.1. The number of anilines is 2. The Bertz CT molecular complexity index is 1140. The topological polar surface area (TPSA) is 141 Å². The van der Waals surface area contributed by atoms with Crippen LogP contribution in [0.15, 0.2) is 47.5 Å². The van der Waals surface area contributed by atoms with E-state index in [-0.39, 0.29) is 23.5 Å². The Balaban J connectivity index is 1.40. The van der Waals surface area contributed by atoms with Crippen LogP contribution in [-0.2, 0) is 4.74 Å². The fourth-order valence-electron chi connectivity index (χ4n) is 3.68. The summed E-state index contributed by atoms with van der Waals surface area (Å²) in [7, 11) is 0. The number of amides is 2. The van der Waals surface area contributed by atoms with Crippen molar-refractivity contribution >= 4 is 23.7 Å². The second kappa shape index (κ2) is 9.46. The van der Waals surface area contributed by atoms with Gasteiger partial charge in [-0.25, -0.2) is 9.78 Å². The Kier molecular flexibility index (Phi) is 6.44. The van der Waals surface area contributed by atoms with Gasteiger partial charge in [0.1, 0.15) is 11.4 Å². The molecule has 4 rings (SSSR count). The number of nitrogens with zero attached hydrogens (tertiary/aromatic N) is 4. The smallest absolute Gasteiger partial charge is 0.410 e. The first-order valence-electron chi connectivity index (χ1n) is 11.1. The van der Waals surface area contributed by atoms with Gasteiger partial charge in [-0.1, -0.05) is 0 Å². The summed E-state index contributed by atoms with van der Waals surface area (Å²) in [4.78, 5) is 30.8. The molecule has 0 unspecified atom stereocenters. The minimum Gasteiger partial charge on any atom is -0.447 e. The normalized spacial score (nSPS) is 14.6. The van der Waals surface area contributed by atoms with Gasteiger partial charge in [0.15, 0.2) is 0 Å². The van der Waals surface area contributed by atoms with Crippen LogP contribution in [0.5, 0.6) is 0 Å². The number of furan rings is 1. The number of piperidine rings is 1. The summed E-state index contributed by atoms with van der Waals surface area (Å²) in [5, 5.41) is 4.51. The van der Waals surface area contributed by atoms with Crippen molar-refractivity contribution in [2.75, 3.05) is 24.2 Å². The number of pyridine rings is 1. The molecule has 0 bridgehead atoms. The van der Waals surface area contributed by atoms with Crippen molar-refractivity contribution in [1.82, 2.24) is 25.1 Å². The number of hydrogen-bond donors (Lipinski definition) is 3. The van der Waals surface area contributed by atoms with Gasteiger partial charge in [-0.2, -0.15) is 5.10 Å². The van der Waals surface area contributed by atoms with Crippen LogP contribution in [0.2, 0.25) is 0 Å². The Labute approximate surface area is 197 Å². The third kappa shape index (κ3) is 5.48. The van der Waals surface area contributed by atoms with Crippen LogP contribution in [0.4, 0.5) is 16.5 Å². The standard InChI is InChI=1S/C23H29N7O4/c1-23(2,3)34-22(32)29-8-6-17(7-9-29)30-14-16(13-26-30)15-11-18(20(24)25-12-15)21(31)28-27-19-5-4-10-33-19/h4-5,10-14,17,27H,6-9H2,1-3H3,(H2,24,25)(H,28,31). The van der Waals surface area contributed by atoms with E-state index >= 15 is 0 Å². The van der Waals surface area contributed by atoms with Crippen LogP contribution in [0.1, 0.15) is 50.0 Å². The van der Waals surface area contributed by atoms with E-state index < -0.39 is 11.5 Å². The molecule has 0 aliphatic carbocycles. The lowest BCUT2D eigenvalue weighted by Crippen LogP contribution is -2.42. The minimum atomic E-state index is -0.511. The van der Waals surface area contributed by atoms with Crippen molar-refractivity contribution in [3.63, 3.8) is 0 Å². The molecule has 0 aromatic carbocycles. The first-order chi connectivity index (χ1) is 16.2. The van der Waals surface area contributed by atoms with E-state index in [9.17, 15) is 9.59 Å². The number of hydrogen-bond acceptors (Lipinski definition) is 8. The van der Waals surface area contributed by atoms with E-state index in [0.29, 0.717) is 19.0 Å². The molecule has 0 radical (unpaired) electrons. The number of likely N-dealkylation sites (tertiary alicyclic amines) is 1. The fraction of sp³-hybridized carbons (Fsp3) is 0.391. The third-order valence-electron chi connectivity index (χ3n) is 5.41. The number of hydrazine groups is 1. The number of ether oxygens (including phenoxy) is 1. The molecule has 0 spiro atoms. The van der Waals surface area contributed by atoms with Crippen LogP contribution in [-0.4, -0.2) is 50.4 Å². The highest BCUT2D eigenvalue weighted by Gasteiger charge is 2.28. The highest BCUT2D eigenvalue weighted by molar-refractivity contribution is 5.99. The lowest BCUT2D eigenvalue weighted by molar-refractivity contribution is 0.0184. The van der Waals surface area contributed by atoms with Crippen molar-refractivity contribution in [2.24, 2.45) is 0 Å². The average Bonchev–Trinajstić information content (AvgIpc) is 3.49. The molecule has 2 amide bonds. The summed E-state index contributed by atoms with van der Waals surface area (Å²) < 4.78 is 12.5. The quantitative estimate of drug-likeness (QED) is 0.485.